The lowest BCUT2D eigenvalue weighted by atomic mass is 10.4. The Morgan fingerprint density at radius 1 is 1.00 bits per heavy atom. The standard InChI is InChI=1S/C8H6O8S/c9-7(10)15-5-3-4(14-2-1-13-3)6(17-5)16-8(11)12/h1-2H2,(H,9,10)(H,11,12). The van der Waals surface area contributed by atoms with Gasteiger partial charge in [-0.15, -0.1) is 0 Å². The van der Waals surface area contributed by atoms with Crippen molar-refractivity contribution in [3.05, 3.63) is 0 Å². The van der Waals surface area contributed by atoms with E-state index in [2.05, 4.69) is 9.47 Å². The molecule has 1 aliphatic rings. The lowest BCUT2D eigenvalue weighted by molar-refractivity contribution is 0.131. The summed E-state index contributed by atoms with van der Waals surface area (Å²) < 4.78 is 19.1. The minimum Gasteiger partial charge on any atom is -0.482 e. The van der Waals surface area contributed by atoms with Gasteiger partial charge in [-0.3, -0.25) is 0 Å². The molecule has 1 aromatic heterocycles. The highest BCUT2D eigenvalue weighted by molar-refractivity contribution is 7.16. The number of fused-ring (bicyclic) bond motifs is 1. The molecule has 0 amide bonds. The SMILES string of the molecule is O=C(O)Oc1sc(OC(=O)O)c2c1OCCO2. The van der Waals surface area contributed by atoms with E-state index < -0.39 is 12.3 Å². The number of carboxylic acid groups (broad SMARTS) is 2. The summed E-state index contributed by atoms with van der Waals surface area (Å²) in [5, 5.41) is 16.7. The van der Waals surface area contributed by atoms with Gasteiger partial charge in [-0.25, -0.2) is 9.59 Å². The molecule has 17 heavy (non-hydrogen) atoms. The zero-order chi connectivity index (χ0) is 12.4. The molecular weight excluding hydrogens is 256 g/mol. The van der Waals surface area contributed by atoms with Crippen molar-refractivity contribution < 1.29 is 38.7 Å². The molecule has 0 saturated carbocycles. The lowest BCUT2D eigenvalue weighted by Gasteiger charge is -2.15. The molecule has 0 atom stereocenters. The summed E-state index contributed by atoms with van der Waals surface area (Å²) in [5.41, 5.74) is 0. The molecule has 2 heterocycles. The molecular formula is C8H6O8S. The summed E-state index contributed by atoms with van der Waals surface area (Å²) >= 11 is 0.676. The van der Waals surface area contributed by atoms with Crippen LogP contribution in [0.1, 0.15) is 0 Å². The second-order valence-electron chi connectivity index (χ2n) is 2.77. The Labute approximate surface area is 97.9 Å². The van der Waals surface area contributed by atoms with Crippen molar-refractivity contribution in [2.45, 2.75) is 0 Å². The maximum Gasteiger partial charge on any atom is 0.512 e. The van der Waals surface area contributed by atoms with E-state index in [4.69, 9.17) is 19.7 Å². The van der Waals surface area contributed by atoms with Gasteiger partial charge in [0.1, 0.15) is 13.2 Å². The van der Waals surface area contributed by atoms with Crippen LogP contribution in [0.25, 0.3) is 0 Å². The summed E-state index contributed by atoms with van der Waals surface area (Å²) in [7, 11) is 0. The third-order valence-electron chi connectivity index (χ3n) is 1.70. The van der Waals surface area contributed by atoms with E-state index in [9.17, 15) is 9.59 Å². The van der Waals surface area contributed by atoms with Gasteiger partial charge in [-0.05, 0) is 0 Å². The highest BCUT2D eigenvalue weighted by Crippen LogP contribution is 2.54. The smallest absolute Gasteiger partial charge is 0.482 e. The van der Waals surface area contributed by atoms with Gasteiger partial charge in [0.05, 0.1) is 0 Å². The van der Waals surface area contributed by atoms with Gasteiger partial charge in [0.2, 0.25) is 21.6 Å². The van der Waals surface area contributed by atoms with E-state index >= 15 is 0 Å². The van der Waals surface area contributed by atoms with E-state index in [1.165, 1.54) is 0 Å². The topological polar surface area (TPSA) is 112 Å². The molecule has 0 aromatic carbocycles. The molecule has 9 heteroatoms. The van der Waals surface area contributed by atoms with Gasteiger partial charge < -0.3 is 29.2 Å². The van der Waals surface area contributed by atoms with Crippen LogP contribution in [0, 0.1) is 0 Å². The summed E-state index contributed by atoms with van der Waals surface area (Å²) in [6.07, 6.45) is -3.07. The van der Waals surface area contributed by atoms with Crippen LogP contribution in [0.2, 0.25) is 0 Å². The second kappa shape index (κ2) is 4.37. The summed E-state index contributed by atoms with van der Waals surface area (Å²) in [5.74, 6) is 0.0831. The molecule has 2 N–H and O–H groups in total. The van der Waals surface area contributed by atoms with Crippen LogP contribution in [-0.2, 0) is 0 Å². The minimum absolute atomic E-state index is 0.0416. The Morgan fingerprint density at radius 2 is 1.41 bits per heavy atom. The van der Waals surface area contributed by atoms with Gasteiger partial charge >= 0.3 is 12.3 Å². The maximum absolute atomic E-state index is 10.4. The molecule has 0 spiro atoms. The van der Waals surface area contributed by atoms with Crippen molar-refractivity contribution in [2.75, 3.05) is 13.2 Å². The van der Waals surface area contributed by atoms with Crippen LogP contribution in [0.4, 0.5) is 9.59 Å². The van der Waals surface area contributed by atoms with Crippen LogP contribution in [0.3, 0.4) is 0 Å². The second-order valence-corrected chi connectivity index (χ2v) is 3.71. The van der Waals surface area contributed by atoms with Gasteiger partial charge in [0.15, 0.2) is 0 Å². The summed E-state index contributed by atoms with van der Waals surface area (Å²) in [4.78, 5) is 20.8. The van der Waals surface area contributed by atoms with Crippen LogP contribution in [0.15, 0.2) is 0 Å². The average Bonchev–Trinajstić information content (AvgIpc) is 2.56. The molecule has 0 unspecified atom stereocenters. The van der Waals surface area contributed by atoms with E-state index in [1.807, 2.05) is 0 Å². The maximum atomic E-state index is 10.4. The number of carbonyl (C=O) groups is 2. The first kappa shape index (κ1) is 11.3. The molecule has 0 aliphatic carbocycles. The quantitative estimate of drug-likeness (QED) is 0.773. The Balaban J connectivity index is 2.36. The summed E-state index contributed by atoms with van der Waals surface area (Å²) in [6, 6.07) is 0. The normalized spacial score (nSPS) is 12.9. The lowest BCUT2D eigenvalue weighted by Crippen LogP contribution is -2.16. The molecule has 8 nitrogen and oxygen atoms in total. The number of thiophene rings is 1. The summed E-state index contributed by atoms with van der Waals surface area (Å²) in [6.45, 7) is 0.429. The minimum atomic E-state index is -1.54. The van der Waals surface area contributed by atoms with E-state index in [0.717, 1.165) is 0 Å². The van der Waals surface area contributed by atoms with Gasteiger partial charge in [-0.2, -0.15) is 0 Å². The van der Waals surface area contributed by atoms with Crippen LogP contribution >= 0.6 is 11.3 Å². The van der Waals surface area contributed by atoms with Crippen molar-refractivity contribution in [1.82, 2.24) is 0 Å². The Morgan fingerprint density at radius 3 is 1.76 bits per heavy atom. The van der Waals surface area contributed by atoms with Crippen molar-refractivity contribution in [3.63, 3.8) is 0 Å². The molecule has 1 aliphatic heterocycles. The molecule has 1 aromatic rings. The van der Waals surface area contributed by atoms with Gasteiger partial charge in [0, 0.05) is 0 Å². The predicted molar refractivity (Wildman–Crippen MR) is 52.6 cm³/mol. The van der Waals surface area contributed by atoms with Crippen molar-refractivity contribution in [3.8, 4) is 21.6 Å². The highest BCUT2D eigenvalue weighted by Gasteiger charge is 2.29. The molecule has 0 saturated heterocycles. The number of hydrogen-bond donors (Lipinski definition) is 2. The van der Waals surface area contributed by atoms with Crippen LogP contribution in [-0.4, -0.2) is 35.7 Å². The Bertz CT molecular complexity index is 424. The van der Waals surface area contributed by atoms with Gasteiger partial charge in [-0.1, -0.05) is 11.3 Å². The zero-order valence-corrected chi connectivity index (χ0v) is 8.98. The largest absolute Gasteiger partial charge is 0.512 e. The molecule has 0 radical (unpaired) electrons. The van der Waals surface area contributed by atoms with E-state index in [-0.39, 0.29) is 34.8 Å². The zero-order valence-electron chi connectivity index (χ0n) is 8.17. The fraction of sp³-hybridized carbons (Fsp3) is 0.250. The first-order valence-electron chi connectivity index (χ1n) is 4.32. The van der Waals surface area contributed by atoms with Crippen molar-refractivity contribution in [2.24, 2.45) is 0 Å². The third kappa shape index (κ3) is 2.33. The van der Waals surface area contributed by atoms with Gasteiger partial charge in [0.25, 0.3) is 0 Å². The highest BCUT2D eigenvalue weighted by atomic mass is 32.1. The average molecular weight is 262 g/mol. The van der Waals surface area contributed by atoms with E-state index in [1.54, 1.807) is 0 Å². The van der Waals surface area contributed by atoms with E-state index in [0.29, 0.717) is 11.3 Å². The molecule has 0 bridgehead atoms. The molecule has 2 rings (SSSR count). The molecule has 92 valence electrons. The van der Waals surface area contributed by atoms with Crippen LogP contribution < -0.4 is 18.9 Å². The molecule has 0 fully saturated rings. The van der Waals surface area contributed by atoms with Crippen molar-refractivity contribution in [1.29, 1.82) is 0 Å². The van der Waals surface area contributed by atoms with Crippen molar-refractivity contribution >= 4 is 23.6 Å². The number of rotatable bonds is 2. The fourth-order valence-electron chi connectivity index (χ4n) is 1.19. The predicted octanol–water partition coefficient (Wildman–Crippen LogP) is 1.63. The third-order valence-corrected chi connectivity index (χ3v) is 2.61. The number of ether oxygens (including phenoxy) is 4. The first-order chi connectivity index (χ1) is 8.08. The van der Waals surface area contributed by atoms with Crippen LogP contribution in [0.5, 0.6) is 21.6 Å². The Hall–Kier alpha value is -2.16. The fourth-order valence-corrected chi connectivity index (χ4v) is 2.07. The number of hydrogen-bond acceptors (Lipinski definition) is 7. The monoisotopic (exact) mass is 262 g/mol. The Kier molecular flexibility index (Phi) is 2.91. The first-order valence-corrected chi connectivity index (χ1v) is 5.13.